The number of aromatic nitrogens is 2. The molecule has 2 aromatic rings. The van der Waals surface area contributed by atoms with Gasteiger partial charge in [-0.1, -0.05) is 17.2 Å². The molecule has 0 atom stereocenters. The van der Waals surface area contributed by atoms with Crippen LogP contribution in [0.1, 0.15) is 11.1 Å². The third-order valence-corrected chi connectivity index (χ3v) is 3.00. The molecule has 0 radical (unpaired) electrons. The maximum Gasteiger partial charge on any atom is 0.119 e. The fraction of sp³-hybridized carbons (Fsp3) is 0.231. The van der Waals surface area contributed by atoms with Gasteiger partial charge in [-0.15, -0.1) is 22.0 Å². The molecule has 0 aliphatic heterocycles. The van der Waals surface area contributed by atoms with E-state index in [-0.39, 0.29) is 0 Å². The minimum atomic E-state index is 0.935. The van der Waals surface area contributed by atoms with Crippen molar-refractivity contribution in [3.05, 3.63) is 41.5 Å². The summed E-state index contributed by atoms with van der Waals surface area (Å²) in [6, 6.07) is 10.5. The Hall–Kier alpha value is -1.35. The number of benzene rings is 1. The Balaban J connectivity index is 2.42. The fourth-order valence-electron chi connectivity index (χ4n) is 1.71. The van der Waals surface area contributed by atoms with Crippen LogP contribution >= 0.6 is 11.8 Å². The molecule has 2 nitrogen and oxygen atoms in total. The van der Waals surface area contributed by atoms with Gasteiger partial charge in [0.05, 0.1) is 5.69 Å². The van der Waals surface area contributed by atoms with Crippen molar-refractivity contribution in [1.82, 2.24) is 10.2 Å². The molecule has 1 aromatic heterocycles. The van der Waals surface area contributed by atoms with E-state index in [4.69, 9.17) is 0 Å². The van der Waals surface area contributed by atoms with Gasteiger partial charge >= 0.3 is 0 Å². The van der Waals surface area contributed by atoms with Crippen molar-refractivity contribution in [2.45, 2.75) is 18.9 Å². The molecule has 0 fully saturated rings. The molecule has 0 unspecified atom stereocenters. The van der Waals surface area contributed by atoms with E-state index in [1.54, 1.807) is 11.8 Å². The van der Waals surface area contributed by atoms with Crippen LogP contribution in [0, 0.1) is 13.8 Å². The molecule has 0 saturated carbocycles. The molecule has 82 valence electrons. The van der Waals surface area contributed by atoms with Gasteiger partial charge in [-0.25, -0.2) is 0 Å². The smallest absolute Gasteiger partial charge is 0.119 e. The number of nitrogens with zero attached hydrogens (tertiary/aromatic N) is 2. The zero-order chi connectivity index (χ0) is 11.5. The van der Waals surface area contributed by atoms with Crippen LogP contribution in [0.15, 0.2) is 35.4 Å². The van der Waals surface area contributed by atoms with Crippen molar-refractivity contribution >= 4 is 11.8 Å². The Bertz CT molecular complexity index is 472. The molecule has 0 N–H and O–H groups in total. The molecular weight excluding hydrogens is 216 g/mol. The van der Waals surface area contributed by atoms with Gasteiger partial charge in [0, 0.05) is 5.56 Å². The minimum absolute atomic E-state index is 0.935. The maximum absolute atomic E-state index is 4.23. The number of thioether (sulfide) groups is 1. The zero-order valence-corrected chi connectivity index (χ0v) is 10.5. The van der Waals surface area contributed by atoms with Crippen LogP contribution < -0.4 is 0 Å². The molecule has 1 heterocycles. The molecule has 2 rings (SSSR count). The van der Waals surface area contributed by atoms with E-state index in [0.29, 0.717) is 0 Å². The van der Waals surface area contributed by atoms with Gasteiger partial charge in [0.15, 0.2) is 0 Å². The summed E-state index contributed by atoms with van der Waals surface area (Å²) in [7, 11) is 0. The lowest BCUT2D eigenvalue weighted by atomic mass is 10.1. The van der Waals surface area contributed by atoms with Crippen molar-refractivity contribution in [2.75, 3.05) is 6.26 Å². The zero-order valence-electron chi connectivity index (χ0n) is 9.69. The summed E-state index contributed by atoms with van der Waals surface area (Å²) in [4.78, 5) is 0. The molecule has 0 amide bonds. The highest BCUT2D eigenvalue weighted by molar-refractivity contribution is 7.98. The first-order chi connectivity index (χ1) is 7.69. The average Bonchev–Trinajstić information content (AvgIpc) is 2.28. The standard InChI is InChI=1S/C13H14N2S/c1-9-6-10(2)8-11(7-9)12-4-5-13(16-3)15-14-12/h4-8H,1-3H3. The predicted molar refractivity (Wildman–Crippen MR) is 68.7 cm³/mol. The summed E-state index contributed by atoms with van der Waals surface area (Å²) in [5.41, 5.74) is 4.58. The molecule has 0 saturated heterocycles. The van der Waals surface area contributed by atoms with E-state index in [9.17, 15) is 0 Å². The molecule has 3 heteroatoms. The summed E-state index contributed by atoms with van der Waals surface area (Å²) < 4.78 is 0. The van der Waals surface area contributed by atoms with Crippen LogP contribution in [0.2, 0.25) is 0 Å². The van der Waals surface area contributed by atoms with E-state index in [1.165, 1.54) is 11.1 Å². The predicted octanol–water partition coefficient (Wildman–Crippen LogP) is 3.48. The Kier molecular flexibility index (Phi) is 3.25. The number of aryl methyl sites for hydroxylation is 2. The number of hydrogen-bond acceptors (Lipinski definition) is 3. The number of rotatable bonds is 2. The highest BCUT2D eigenvalue weighted by atomic mass is 32.2. The van der Waals surface area contributed by atoms with Gasteiger partial charge in [0.25, 0.3) is 0 Å². The van der Waals surface area contributed by atoms with E-state index in [1.807, 2.05) is 18.4 Å². The lowest BCUT2D eigenvalue weighted by Crippen LogP contribution is -1.90. The first-order valence-electron chi connectivity index (χ1n) is 5.15. The third-order valence-electron chi connectivity index (χ3n) is 2.37. The second-order valence-electron chi connectivity index (χ2n) is 3.84. The molecule has 0 aliphatic carbocycles. The second-order valence-corrected chi connectivity index (χ2v) is 4.66. The molecule has 0 bridgehead atoms. The van der Waals surface area contributed by atoms with E-state index in [2.05, 4.69) is 42.2 Å². The van der Waals surface area contributed by atoms with Crippen molar-refractivity contribution in [1.29, 1.82) is 0 Å². The Morgan fingerprint density at radius 3 is 2.12 bits per heavy atom. The highest BCUT2D eigenvalue weighted by Gasteiger charge is 2.02. The van der Waals surface area contributed by atoms with Crippen LogP contribution in [0.3, 0.4) is 0 Å². The van der Waals surface area contributed by atoms with Crippen LogP contribution in [-0.4, -0.2) is 16.5 Å². The Morgan fingerprint density at radius 1 is 0.938 bits per heavy atom. The Labute approximate surface area is 100 Å². The highest BCUT2D eigenvalue weighted by Crippen LogP contribution is 2.21. The van der Waals surface area contributed by atoms with Gasteiger partial charge in [0.1, 0.15) is 5.03 Å². The first kappa shape index (κ1) is 11.1. The summed E-state index contributed by atoms with van der Waals surface area (Å²) in [6.45, 7) is 4.19. The van der Waals surface area contributed by atoms with Crippen LogP contribution in [0.4, 0.5) is 0 Å². The molecule has 0 spiro atoms. The largest absolute Gasteiger partial charge is 0.149 e. The van der Waals surface area contributed by atoms with Crippen LogP contribution in [0.25, 0.3) is 11.3 Å². The molecule has 0 aliphatic rings. The topological polar surface area (TPSA) is 25.8 Å². The maximum atomic E-state index is 4.23. The fourth-order valence-corrected chi connectivity index (χ4v) is 2.03. The van der Waals surface area contributed by atoms with Crippen LogP contribution in [0.5, 0.6) is 0 Å². The quantitative estimate of drug-likeness (QED) is 0.739. The van der Waals surface area contributed by atoms with Gasteiger partial charge in [0.2, 0.25) is 0 Å². The van der Waals surface area contributed by atoms with Gasteiger partial charge in [-0.3, -0.25) is 0 Å². The summed E-state index contributed by atoms with van der Waals surface area (Å²) >= 11 is 1.61. The third kappa shape index (κ3) is 2.42. The van der Waals surface area contributed by atoms with Crippen molar-refractivity contribution in [3.63, 3.8) is 0 Å². The van der Waals surface area contributed by atoms with E-state index < -0.39 is 0 Å². The molecule has 1 aromatic carbocycles. The van der Waals surface area contributed by atoms with E-state index >= 15 is 0 Å². The summed E-state index contributed by atoms with van der Waals surface area (Å²) in [5, 5.41) is 9.33. The number of hydrogen-bond donors (Lipinski definition) is 0. The monoisotopic (exact) mass is 230 g/mol. The first-order valence-corrected chi connectivity index (χ1v) is 6.38. The summed E-state index contributed by atoms with van der Waals surface area (Å²) in [5.74, 6) is 0. The molecule has 16 heavy (non-hydrogen) atoms. The SMILES string of the molecule is CSc1ccc(-c2cc(C)cc(C)c2)nn1. The minimum Gasteiger partial charge on any atom is -0.149 e. The van der Waals surface area contributed by atoms with Crippen LogP contribution in [-0.2, 0) is 0 Å². The van der Waals surface area contributed by atoms with Gasteiger partial charge in [-0.2, -0.15) is 0 Å². The lowest BCUT2D eigenvalue weighted by Gasteiger charge is -2.04. The van der Waals surface area contributed by atoms with Crippen molar-refractivity contribution < 1.29 is 0 Å². The van der Waals surface area contributed by atoms with Crippen molar-refractivity contribution in [2.24, 2.45) is 0 Å². The van der Waals surface area contributed by atoms with Crippen molar-refractivity contribution in [3.8, 4) is 11.3 Å². The lowest BCUT2D eigenvalue weighted by molar-refractivity contribution is 0.937. The average molecular weight is 230 g/mol. The van der Waals surface area contributed by atoms with E-state index in [0.717, 1.165) is 16.3 Å². The Morgan fingerprint density at radius 2 is 1.62 bits per heavy atom. The summed E-state index contributed by atoms with van der Waals surface area (Å²) in [6.07, 6.45) is 2.00. The molecular formula is C13H14N2S. The normalized spacial score (nSPS) is 10.4. The second kappa shape index (κ2) is 4.66. The van der Waals surface area contributed by atoms with Gasteiger partial charge in [-0.05, 0) is 44.4 Å². The van der Waals surface area contributed by atoms with Gasteiger partial charge < -0.3 is 0 Å².